The molecule has 0 bridgehead atoms. The van der Waals surface area contributed by atoms with Gasteiger partial charge in [0.05, 0.1) is 11.2 Å². The Kier molecular flexibility index (Phi) is 5.09. The maximum atomic E-state index is 13.1. The predicted octanol–water partition coefficient (Wildman–Crippen LogP) is 5.47. The molecule has 0 unspecified atom stereocenters. The van der Waals surface area contributed by atoms with E-state index in [-0.39, 0.29) is 5.82 Å². The normalized spacial score (nSPS) is 10.9. The highest BCUT2D eigenvalue weighted by Crippen LogP contribution is 2.28. The first-order valence-electron chi connectivity index (χ1n) is 7.73. The third-order valence-corrected chi connectivity index (χ3v) is 4.00. The number of rotatable bonds is 6. The quantitative estimate of drug-likeness (QED) is 0.479. The van der Waals surface area contributed by atoms with Gasteiger partial charge in [-0.15, -0.1) is 11.6 Å². The largest absolute Gasteiger partial charge is 0.384 e. The highest BCUT2D eigenvalue weighted by molar-refractivity contribution is 6.17. The number of pyridine rings is 1. The number of nitrogens with one attached hydrogen (secondary N) is 1. The van der Waals surface area contributed by atoms with Crippen LogP contribution in [0, 0.1) is 5.82 Å². The molecule has 1 N–H and O–H groups in total. The second-order valence-electron chi connectivity index (χ2n) is 5.40. The summed E-state index contributed by atoms with van der Waals surface area (Å²) < 4.78 is 13.1. The number of hydrogen-bond acceptors (Lipinski definition) is 2. The molecule has 2 aromatic carbocycles. The molecule has 1 heterocycles. The first-order valence-corrected chi connectivity index (χ1v) is 8.27. The van der Waals surface area contributed by atoms with Crippen molar-refractivity contribution in [2.45, 2.75) is 12.8 Å². The molecule has 0 radical (unpaired) electrons. The van der Waals surface area contributed by atoms with Crippen molar-refractivity contribution in [1.29, 1.82) is 0 Å². The molecule has 0 aliphatic heterocycles. The first-order chi connectivity index (χ1) is 11.3. The number of aromatic nitrogens is 1. The third kappa shape index (κ3) is 3.80. The van der Waals surface area contributed by atoms with Crippen molar-refractivity contribution in [3.8, 4) is 11.3 Å². The Morgan fingerprint density at radius 1 is 1.00 bits per heavy atom. The maximum Gasteiger partial charge on any atom is 0.123 e. The smallest absolute Gasteiger partial charge is 0.123 e. The van der Waals surface area contributed by atoms with Crippen LogP contribution in [0.4, 0.5) is 10.1 Å². The van der Waals surface area contributed by atoms with Crippen LogP contribution in [0.3, 0.4) is 0 Å². The van der Waals surface area contributed by atoms with Crippen molar-refractivity contribution < 1.29 is 4.39 Å². The van der Waals surface area contributed by atoms with Crippen molar-refractivity contribution >= 4 is 28.2 Å². The lowest BCUT2D eigenvalue weighted by atomic mass is 10.1. The van der Waals surface area contributed by atoms with Gasteiger partial charge in [-0.2, -0.15) is 0 Å². The molecule has 0 saturated heterocycles. The van der Waals surface area contributed by atoms with Crippen LogP contribution in [0.15, 0.2) is 54.6 Å². The molecular formula is C19H18ClFN2. The molecule has 0 atom stereocenters. The van der Waals surface area contributed by atoms with E-state index in [1.54, 1.807) is 12.1 Å². The molecule has 0 amide bonds. The summed E-state index contributed by atoms with van der Waals surface area (Å²) in [5.74, 6) is 0.438. The minimum Gasteiger partial charge on any atom is -0.384 e. The Bertz CT molecular complexity index is 787. The third-order valence-electron chi connectivity index (χ3n) is 3.73. The van der Waals surface area contributed by atoms with Crippen LogP contribution in [-0.2, 0) is 0 Å². The van der Waals surface area contributed by atoms with Gasteiger partial charge in [-0.05, 0) is 49.2 Å². The molecule has 0 aliphatic carbocycles. The van der Waals surface area contributed by atoms with Crippen LogP contribution in [0.2, 0.25) is 0 Å². The number of nitrogens with zero attached hydrogens (tertiary/aromatic N) is 1. The Balaban J connectivity index is 1.97. The van der Waals surface area contributed by atoms with Crippen LogP contribution in [0.5, 0.6) is 0 Å². The van der Waals surface area contributed by atoms with Crippen molar-refractivity contribution in [1.82, 2.24) is 4.98 Å². The highest BCUT2D eigenvalue weighted by Gasteiger charge is 2.07. The summed E-state index contributed by atoms with van der Waals surface area (Å²) in [4.78, 5) is 4.70. The van der Waals surface area contributed by atoms with E-state index in [4.69, 9.17) is 16.6 Å². The van der Waals surface area contributed by atoms with Gasteiger partial charge < -0.3 is 5.32 Å². The van der Waals surface area contributed by atoms with E-state index in [0.29, 0.717) is 5.88 Å². The number of benzene rings is 2. The standard InChI is InChI=1S/C19H18ClFN2/c20-11-3-4-12-22-19-13-18(14-7-9-15(21)10-8-14)23-17-6-2-1-5-16(17)19/h1-2,5-10,13H,3-4,11-12H2,(H,22,23). The van der Waals surface area contributed by atoms with Crippen LogP contribution >= 0.6 is 11.6 Å². The zero-order valence-electron chi connectivity index (χ0n) is 12.7. The summed E-state index contributed by atoms with van der Waals surface area (Å²) in [6.45, 7) is 0.865. The Hall–Kier alpha value is -2.13. The van der Waals surface area contributed by atoms with Gasteiger partial charge in [-0.1, -0.05) is 18.2 Å². The van der Waals surface area contributed by atoms with Gasteiger partial charge in [0.2, 0.25) is 0 Å². The Morgan fingerprint density at radius 3 is 2.57 bits per heavy atom. The molecule has 0 fully saturated rings. The van der Waals surface area contributed by atoms with Crippen LogP contribution < -0.4 is 5.32 Å². The lowest BCUT2D eigenvalue weighted by molar-refractivity contribution is 0.628. The molecule has 3 aromatic rings. The molecule has 0 spiro atoms. The van der Waals surface area contributed by atoms with E-state index in [2.05, 4.69) is 11.4 Å². The summed E-state index contributed by atoms with van der Waals surface area (Å²) in [5, 5.41) is 4.56. The van der Waals surface area contributed by atoms with Crippen molar-refractivity contribution in [3.05, 3.63) is 60.4 Å². The van der Waals surface area contributed by atoms with E-state index < -0.39 is 0 Å². The molecule has 0 saturated carbocycles. The summed E-state index contributed by atoms with van der Waals surface area (Å²) >= 11 is 5.73. The summed E-state index contributed by atoms with van der Waals surface area (Å²) in [6, 6.07) is 16.5. The molecular weight excluding hydrogens is 311 g/mol. The van der Waals surface area contributed by atoms with Gasteiger partial charge in [0.1, 0.15) is 5.82 Å². The topological polar surface area (TPSA) is 24.9 Å². The summed E-state index contributed by atoms with van der Waals surface area (Å²) in [5.41, 5.74) is 3.71. The van der Waals surface area contributed by atoms with E-state index in [1.165, 1.54) is 12.1 Å². The first kappa shape index (κ1) is 15.8. The SMILES string of the molecule is Fc1ccc(-c2cc(NCCCCCl)c3ccccc3n2)cc1. The van der Waals surface area contributed by atoms with Crippen LogP contribution in [-0.4, -0.2) is 17.4 Å². The van der Waals surface area contributed by atoms with Crippen LogP contribution in [0.1, 0.15) is 12.8 Å². The average molecular weight is 329 g/mol. The molecule has 23 heavy (non-hydrogen) atoms. The second kappa shape index (κ2) is 7.42. The number of hydrogen-bond donors (Lipinski definition) is 1. The maximum absolute atomic E-state index is 13.1. The van der Waals surface area contributed by atoms with Gasteiger partial charge in [0, 0.05) is 29.1 Å². The lowest BCUT2D eigenvalue weighted by Crippen LogP contribution is -2.03. The molecule has 3 rings (SSSR count). The average Bonchev–Trinajstić information content (AvgIpc) is 2.59. The monoisotopic (exact) mass is 328 g/mol. The Morgan fingerprint density at radius 2 is 1.78 bits per heavy atom. The fourth-order valence-electron chi connectivity index (χ4n) is 2.53. The van der Waals surface area contributed by atoms with Gasteiger partial charge in [-0.3, -0.25) is 0 Å². The molecule has 2 nitrogen and oxygen atoms in total. The predicted molar refractivity (Wildman–Crippen MR) is 95.6 cm³/mol. The minimum absolute atomic E-state index is 0.242. The number of anilines is 1. The summed E-state index contributed by atoms with van der Waals surface area (Å²) in [7, 11) is 0. The van der Waals surface area contributed by atoms with Crippen molar-refractivity contribution in [2.75, 3.05) is 17.7 Å². The van der Waals surface area contributed by atoms with Gasteiger partial charge >= 0.3 is 0 Å². The Labute approximate surface area is 140 Å². The molecule has 0 aliphatic rings. The van der Waals surface area contributed by atoms with Gasteiger partial charge in [-0.25, -0.2) is 9.37 Å². The number of alkyl halides is 1. The fourth-order valence-corrected chi connectivity index (χ4v) is 2.72. The molecule has 118 valence electrons. The fraction of sp³-hybridized carbons (Fsp3) is 0.211. The zero-order valence-corrected chi connectivity index (χ0v) is 13.5. The van der Waals surface area contributed by atoms with Crippen molar-refractivity contribution in [2.24, 2.45) is 0 Å². The van der Waals surface area contributed by atoms with Crippen LogP contribution in [0.25, 0.3) is 22.2 Å². The van der Waals surface area contributed by atoms with Crippen molar-refractivity contribution in [3.63, 3.8) is 0 Å². The number of fused-ring (bicyclic) bond motifs is 1. The van der Waals surface area contributed by atoms with Gasteiger partial charge in [0.15, 0.2) is 0 Å². The highest BCUT2D eigenvalue weighted by atomic mass is 35.5. The van der Waals surface area contributed by atoms with E-state index in [1.807, 2.05) is 24.3 Å². The van der Waals surface area contributed by atoms with E-state index in [0.717, 1.165) is 47.2 Å². The van der Waals surface area contributed by atoms with Gasteiger partial charge in [0.25, 0.3) is 0 Å². The summed E-state index contributed by atoms with van der Waals surface area (Å²) in [6.07, 6.45) is 2.01. The second-order valence-corrected chi connectivity index (χ2v) is 5.78. The molecule has 4 heteroatoms. The number of para-hydroxylation sites is 1. The zero-order chi connectivity index (χ0) is 16.1. The minimum atomic E-state index is -0.242. The lowest BCUT2D eigenvalue weighted by Gasteiger charge is -2.12. The van der Waals surface area contributed by atoms with E-state index in [9.17, 15) is 4.39 Å². The number of halogens is 2. The number of unbranched alkanes of at least 4 members (excludes halogenated alkanes) is 1. The molecule has 1 aromatic heterocycles. The van der Waals surface area contributed by atoms with E-state index >= 15 is 0 Å².